The zero-order valence-electron chi connectivity index (χ0n) is 30.8. The molecule has 1 amide bonds. The molecule has 14 heteroatoms. The van der Waals surface area contributed by atoms with Gasteiger partial charge in [-0.05, 0) is 61.9 Å². The molecule has 4 aliphatic heterocycles. The van der Waals surface area contributed by atoms with Gasteiger partial charge in [0, 0.05) is 93.8 Å². The third-order valence-electron chi connectivity index (χ3n) is 11.7. The first-order valence-electron chi connectivity index (χ1n) is 19.6. The molecule has 5 aliphatic rings. The van der Waals surface area contributed by atoms with E-state index in [1.54, 1.807) is 6.20 Å². The lowest BCUT2D eigenvalue weighted by atomic mass is 9.99. The molecule has 4 fully saturated rings. The highest BCUT2D eigenvalue weighted by Crippen LogP contribution is 2.38. The summed E-state index contributed by atoms with van der Waals surface area (Å²) in [4.78, 5) is 33.8. The number of nitrogens with zero attached hydrogens (tertiary/aromatic N) is 9. The van der Waals surface area contributed by atoms with E-state index in [-0.39, 0.29) is 11.8 Å². The minimum Gasteiger partial charge on any atom is -0.493 e. The number of amides is 1. The first-order chi connectivity index (χ1) is 27.0. The molecule has 1 unspecified atom stereocenters. The standard InChI is InChI=1S/C41H45N11O3/c42-39-33(2-1-14-43-39)40-45-34-8-9-36(51-17-13-37(47-51)49-20-18-48(19-21-49)31-25-54-26-31)46-41(34)52(40)30-6-7-32-28(24-55-35(32)22-30)23-44-29-11-15-50(16-12-29)38(53)10-5-27-3-4-27/h1-2,6-9,13-14,17,22,27-29,31,44H,3-4,11-12,15-16,18-21,23-26H2,(H2,42,43). The number of carbonyl (C=O) groups is 1. The molecule has 1 saturated carbocycles. The Morgan fingerprint density at radius 2 is 1.78 bits per heavy atom. The van der Waals surface area contributed by atoms with Crippen molar-refractivity contribution in [3.8, 4) is 40.5 Å². The summed E-state index contributed by atoms with van der Waals surface area (Å²) < 4.78 is 15.6. The number of nitrogens with two attached hydrogens (primary N) is 1. The Morgan fingerprint density at radius 3 is 2.56 bits per heavy atom. The smallest absolute Gasteiger partial charge is 0.298 e. The van der Waals surface area contributed by atoms with Gasteiger partial charge in [-0.1, -0.05) is 12.0 Å². The van der Waals surface area contributed by atoms with E-state index in [9.17, 15) is 4.79 Å². The highest BCUT2D eigenvalue weighted by molar-refractivity contribution is 5.93. The van der Waals surface area contributed by atoms with Crippen LogP contribution in [0.4, 0.5) is 11.6 Å². The minimum absolute atomic E-state index is 0.0265. The van der Waals surface area contributed by atoms with Crippen molar-refractivity contribution in [2.75, 3.05) is 76.3 Å². The molecule has 3 saturated heterocycles. The number of nitrogens with one attached hydrogen (secondary N) is 1. The van der Waals surface area contributed by atoms with Crippen molar-refractivity contribution in [3.63, 3.8) is 0 Å². The van der Waals surface area contributed by atoms with Crippen molar-refractivity contribution < 1.29 is 14.3 Å². The Bertz CT molecular complexity index is 2290. The van der Waals surface area contributed by atoms with Gasteiger partial charge in [0.15, 0.2) is 23.1 Å². The van der Waals surface area contributed by atoms with E-state index in [1.807, 2.05) is 44.6 Å². The summed E-state index contributed by atoms with van der Waals surface area (Å²) in [6, 6.07) is 17.1. The summed E-state index contributed by atoms with van der Waals surface area (Å²) >= 11 is 0. The molecule has 1 atom stereocenters. The van der Waals surface area contributed by atoms with Crippen LogP contribution < -0.4 is 20.7 Å². The van der Waals surface area contributed by atoms with Gasteiger partial charge in [-0.2, -0.15) is 0 Å². The van der Waals surface area contributed by atoms with E-state index in [1.165, 1.54) is 5.56 Å². The van der Waals surface area contributed by atoms with Gasteiger partial charge in [-0.3, -0.25) is 14.3 Å². The highest BCUT2D eigenvalue weighted by atomic mass is 16.5. The van der Waals surface area contributed by atoms with Crippen LogP contribution >= 0.6 is 0 Å². The van der Waals surface area contributed by atoms with Crippen LogP contribution in [0.15, 0.2) is 60.9 Å². The second-order valence-corrected chi connectivity index (χ2v) is 15.3. The predicted octanol–water partition coefficient (Wildman–Crippen LogP) is 3.24. The molecule has 1 aromatic carbocycles. The number of anilines is 2. The lowest BCUT2D eigenvalue weighted by Gasteiger charge is -2.42. The van der Waals surface area contributed by atoms with E-state index in [0.29, 0.717) is 47.7 Å². The van der Waals surface area contributed by atoms with Crippen LogP contribution in [0.25, 0.3) is 34.1 Å². The number of nitrogen functional groups attached to an aromatic ring is 1. The van der Waals surface area contributed by atoms with Crippen LogP contribution in [-0.2, 0) is 9.53 Å². The number of benzene rings is 1. The van der Waals surface area contributed by atoms with E-state index in [4.69, 9.17) is 30.3 Å². The summed E-state index contributed by atoms with van der Waals surface area (Å²) in [6.07, 6.45) is 7.77. The van der Waals surface area contributed by atoms with Crippen molar-refractivity contribution in [3.05, 3.63) is 66.5 Å². The summed E-state index contributed by atoms with van der Waals surface area (Å²) in [5.41, 5.74) is 10.6. The summed E-state index contributed by atoms with van der Waals surface area (Å²) in [6.45, 7) is 8.43. The first kappa shape index (κ1) is 34.0. The third-order valence-corrected chi connectivity index (χ3v) is 11.7. The molecule has 0 bridgehead atoms. The Kier molecular flexibility index (Phi) is 8.85. The Balaban J connectivity index is 0.881. The first-order valence-corrected chi connectivity index (χ1v) is 19.6. The number of fused-ring (bicyclic) bond motifs is 2. The molecule has 10 rings (SSSR count). The number of hydrogen-bond donors (Lipinski definition) is 2. The van der Waals surface area contributed by atoms with E-state index in [2.05, 4.69) is 56.2 Å². The monoisotopic (exact) mass is 739 g/mol. The Morgan fingerprint density at radius 1 is 0.927 bits per heavy atom. The lowest BCUT2D eigenvalue weighted by Crippen LogP contribution is -2.56. The fourth-order valence-electron chi connectivity index (χ4n) is 8.11. The minimum atomic E-state index is -0.0265. The molecule has 8 heterocycles. The normalized spacial score (nSPS) is 20.5. The molecule has 55 heavy (non-hydrogen) atoms. The van der Waals surface area contributed by atoms with Crippen molar-refractivity contribution in [1.29, 1.82) is 0 Å². The number of rotatable bonds is 8. The SMILES string of the molecule is Nc1ncccc1-c1nc2ccc(-n3ccc(N4CCN(C5COC5)CC4)n3)nc2n1-c1ccc2c(c1)OCC2CNC1CCN(C(=O)C#CC2CC2)CC1. The Hall–Kier alpha value is -5.49. The van der Waals surface area contributed by atoms with Crippen molar-refractivity contribution in [2.45, 2.75) is 43.7 Å². The number of piperazine rings is 1. The van der Waals surface area contributed by atoms with Crippen LogP contribution in [-0.4, -0.2) is 123 Å². The van der Waals surface area contributed by atoms with Gasteiger partial charge in [-0.15, -0.1) is 5.10 Å². The van der Waals surface area contributed by atoms with E-state index in [0.717, 1.165) is 113 Å². The summed E-state index contributed by atoms with van der Waals surface area (Å²) in [7, 11) is 0. The molecule has 0 radical (unpaired) electrons. The van der Waals surface area contributed by atoms with Gasteiger partial charge in [-0.25, -0.2) is 19.6 Å². The quantitative estimate of drug-likeness (QED) is 0.227. The molecular weight excluding hydrogens is 695 g/mol. The topological polar surface area (TPSA) is 145 Å². The van der Waals surface area contributed by atoms with Gasteiger partial charge in [0.25, 0.3) is 5.91 Å². The van der Waals surface area contributed by atoms with Gasteiger partial charge in [0.2, 0.25) is 0 Å². The number of piperidine rings is 1. The van der Waals surface area contributed by atoms with Crippen LogP contribution in [0, 0.1) is 17.8 Å². The van der Waals surface area contributed by atoms with Gasteiger partial charge >= 0.3 is 0 Å². The fourth-order valence-corrected chi connectivity index (χ4v) is 8.11. The molecular formula is C41H45N11O3. The number of ether oxygens (including phenoxy) is 2. The van der Waals surface area contributed by atoms with Crippen LogP contribution in [0.3, 0.4) is 0 Å². The summed E-state index contributed by atoms with van der Waals surface area (Å²) in [5.74, 6) is 10.1. The molecule has 5 aromatic rings. The molecule has 1 aliphatic carbocycles. The number of imidazole rings is 1. The molecule has 0 spiro atoms. The fraction of sp³-hybridized carbons (Fsp3) is 0.439. The second kappa shape index (κ2) is 14.3. The maximum Gasteiger partial charge on any atom is 0.298 e. The van der Waals surface area contributed by atoms with Crippen LogP contribution in [0.5, 0.6) is 5.75 Å². The van der Waals surface area contributed by atoms with Crippen molar-refractivity contribution in [2.24, 2.45) is 5.92 Å². The Labute approximate surface area is 319 Å². The van der Waals surface area contributed by atoms with Crippen LogP contribution in [0.1, 0.15) is 37.2 Å². The molecule has 3 N–H and O–H groups in total. The zero-order valence-corrected chi connectivity index (χ0v) is 30.8. The maximum atomic E-state index is 12.5. The van der Waals surface area contributed by atoms with Crippen LogP contribution in [0.2, 0.25) is 0 Å². The molecule has 14 nitrogen and oxygen atoms in total. The highest BCUT2D eigenvalue weighted by Gasteiger charge is 2.31. The third kappa shape index (κ3) is 6.77. The van der Waals surface area contributed by atoms with Crippen molar-refractivity contribution >= 4 is 28.7 Å². The lowest BCUT2D eigenvalue weighted by molar-refractivity contribution is -0.126. The van der Waals surface area contributed by atoms with Gasteiger partial charge in [0.1, 0.15) is 17.1 Å². The average molecular weight is 740 g/mol. The van der Waals surface area contributed by atoms with Gasteiger partial charge in [0.05, 0.1) is 37.1 Å². The molecule has 282 valence electrons. The van der Waals surface area contributed by atoms with E-state index < -0.39 is 0 Å². The number of likely N-dealkylation sites (tertiary alicyclic amines) is 1. The van der Waals surface area contributed by atoms with Crippen molar-refractivity contribution in [1.82, 2.24) is 44.4 Å². The number of hydrogen-bond acceptors (Lipinski definition) is 11. The number of carbonyl (C=O) groups excluding carboxylic acids is 1. The van der Waals surface area contributed by atoms with E-state index >= 15 is 0 Å². The predicted molar refractivity (Wildman–Crippen MR) is 208 cm³/mol. The largest absolute Gasteiger partial charge is 0.493 e. The summed E-state index contributed by atoms with van der Waals surface area (Å²) in [5, 5.41) is 8.72. The number of aromatic nitrogens is 6. The molecule has 4 aromatic heterocycles. The maximum absolute atomic E-state index is 12.5. The van der Waals surface area contributed by atoms with Gasteiger partial charge < -0.3 is 30.3 Å². The number of pyridine rings is 2. The average Bonchev–Trinajstić information content (AvgIpc) is 3.55. The zero-order chi connectivity index (χ0) is 36.9. The second-order valence-electron chi connectivity index (χ2n) is 15.3.